The minimum absolute atomic E-state index is 0.0776. The molecule has 0 radical (unpaired) electrons. The Labute approximate surface area is 123 Å². The van der Waals surface area contributed by atoms with Crippen LogP contribution >= 0.6 is 0 Å². The second kappa shape index (κ2) is 6.58. The second-order valence-corrected chi connectivity index (χ2v) is 5.23. The Morgan fingerprint density at radius 3 is 2.76 bits per heavy atom. The molecule has 114 valence electrons. The van der Waals surface area contributed by atoms with E-state index in [1.54, 1.807) is 6.07 Å². The molecule has 6 heteroatoms. The summed E-state index contributed by atoms with van der Waals surface area (Å²) in [6.07, 6.45) is 0.594. The lowest BCUT2D eigenvalue weighted by atomic mass is 10.1. The highest BCUT2D eigenvalue weighted by molar-refractivity contribution is 5.96. The van der Waals surface area contributed by atoms with Crippen LogP contribution in [0.5, 0.6) is 5.75 Å². The molecule has 0 aliphatic carbocycles. The van der Waals surface area contributed by atoms with Gasteiger partial charge in [0, 0.05) is 6.61 Å². The molecule has 0 bridgehead atoms. The van der Waals surface area contributed by atoms with E-state index in [1.807, 2.05) is 13.8 Å². The Morgan fingerprint density at radius 2 is 2.19 bits per heavy atom. The van der Waals surface area contributed by atoms with Gasteiger partial charge >= 0.3 is 5.97 Å². The van der Waals surface area contributed by atoms with Crippen LogP contribution in [-0.2, 0) is 9.53 Å². The molecule has 1 fully saturated rings. The number of aromatic carboxylic acids is 1. The zero-order valence-electron chi connectivity index (χ0n) is 12.1. The molecule has 21 heavy (non-hydrogen) atoms. The van der Waals surface area contributed by atoms with E-state index < -0.39 is 5.97 Å². The third kappa shape index (κ3) is 3.95. The molecule has 2 rings (SSSR count). The van der Waals surface area contributed by atoms with Crippen LogP contribution in [0.2, 0.25) is 0 Å². The van der Waals surface area contributed by atoms with Crippen LogP contribution in [0.1, 0.15) is 30.6 Å². The van der Waals surface area contributed by atoms with Crippen molar-refractivity contribution in [3.63, 3.8) is 0 Å². The van der Waals surface area contributed by atoms with Gasteiger partial charge in [-0.2, -0.15) is 0 Å². The van der Waals surface area contributed by atoms with Gasteiger partial charge in [0.25, 0.3) is 0 Å². The topological polar surface area (TPSA) is 84.9 Å². The molecule has 1 aromatic carbocycles. The van der Waals surface area contributed by atoms with Crippen LogP contribution < -0.4 is 10.1 Å². The van der Waals surface area contributed by atoms with E-state index in [-0.39, 0.29) is 23.5 Å². The zero-order valence-corrected chi connectivity index (χ0v) is 12.1. The fourth-order valence-corrected chi connectivity index (χ4v) is 2.09. The molecule has 1 aliphatic rings. The minimum atomic E-state index is -1.05. The van der Waals surface area contributed by atoms with Gasteiger partial charge in [0.15, 0.2) is 0 Å². The summed E-state index contributed by atoms with van der Waals surface area (Å²) in [7, 11) is 0. The summed E-state index contributed by atoms with van der Waals surface area (Å²) in [5.74, 6) is -0.970. The fourth-order valence-electron chi connectivity index (χ4n) is 2.09. The van der Waals surface area contributed by atoms with E-state index in [0.717, 1.165) is 0 Å². The van der Waals surface area contributed by atoms with Gasteiger partial charge in [0.1, 0.15) is 5.75 Å². The van der Waals surface area contributed by atoms with Gasteiger partial charge in [-0.1, -0.05) is 0 Å². The quantitative estimate of drug-likeness (QED) is 0.869. The molecule has 1 saturated heterocycles. The SMILES string of the molecule is CC(C)Oc1ccc(C(=O)O)cc1NC(=O)[C@@H]1CCOC1. The van der Waals surface area contributed by atoms with Crippen LogP contribution in [-0.4, -0.2) is 36.3 Å². The number of nitrogens with one attached hydrogen (secondary N) is 1. The number of carboxylic acids is 1. The largest absolute Gasteiger partial charge is 0.489 e. The predicted molar refractivity (Wildman–Crippen MR) is 76.7 cm³/mol. The van der Waals surface area contributed by atoms with Crippen molar-refractivity contribution in [3.8, 4) is 5.75 Å². The number of benzene rings is 1. The smallest absolute Gasteiger partial charge is 0.335 e. The van der Waals surface area contributed by atoms with Gasteiger partial charge in [0.2, 0.25) is 5.91 Å². The Bertz CT molecular complexity index is 535. The molecule has 0 unspecified atom stereocenters. The summed E-state index contributed by atoms with van der Waals surface area (Å²) in [4.78, 5) is 23.2. The summed E-state index contributed by atoms with van der Waals surface area (Å²) in [6.45, 7) is 4.69. The van der Waals surface area contributed by atoms with Gasteiger partial charge in [-0.15, -0.1) is 0 Å². The number of carbonyl (C=O) groups is 2. The molecule has 1 aliphatic heterocycles. The summed E-state index contributed by atoms with van der Waals surface area (Å²) in [6, 6.07) is 4.42. The van der Waals surface area contributed by atoms with Crippen molar-refractivity contribution in [1.29, 1.82) is 0 Å². The normalized spacial score (nSPS) is 17.8. The fraction of sp³-hybridized carbons (Fsp3) is 0.467. The first-order chi connectivity index (χ1) is 9.97. The number of rotatable bonds is 5. The van der Waals surface area contributed by atoms with Crippen molar-refractivity contribution in [2.24, 2.45) is 5.92 Å². The van der Waals surface area contributed by atoms with Crippen LogP contribution in [0.3, 0.4) is 0 Å². The van der Waals surface area contributed by atoms with Gasteiger partial charge in [0.05, 0.1) is 29.9 Å². The van der Waals surface area contributed by atoms with Crippen molar-refractivity contribution in [1.82, 2.24) is 0 Å². The molecule has 0 aromatic heterocycles. The van der Waals surface area contributed by atoms with Crippen molar-refractivity contribution >= 4 is 17.6 Å². The minimum Gasteiger partial charge on any atom is -0.489 e. The van der Waals surface area contributed by atoms with E-state index in [9.17, 15) is 9.59 Å². The van der Waals surface area contributed by atoms with Gasteiger partial charge in [-0.3, -0.25) is 4.79 Å². The number of hydrogen-bond donors (Lipinski definition) is 2. The Balaban J connectivity index is 2.22. The maximum atomic E-state index is 12.1. The first-order valence-electron chi connectivity index (χ1n) is 6.90. The average molecular weight is 293 g/mol. The highest BCUT2D eigenvalue weighted by Crippen LogP contribution is 2.28. The first-order valence-corrected chi connectivity index (χ1v) is 6.90. The lowest BCUT2D eigenvalue weighted by Crippen LogP contribution is -2.23. The summed E-state index contributed by atoms with van der Waals surface area (Å²) < 4.78 is 10.8. The highest BCUT2D eigenvalue weighted by atomic mass is 16.5. The van der Waals surface area contributed by atoms with Crippen LogP contribution in [0.25, 0.3) is 0 Å². The van der Waals surface area contributed by atoms with Crippen molar-refractivity contribution in [2.75, 3.05) is 18.5 Å². The Morgan fingerprint density at radius 1 is 1.43 bits per heavy atom. The number of carboxylic acid groups (broad SMARTS) is 1. The Kier molecular flexibility index (Phi) is 4.80. The van der Waals surface area contributed by atoms with E-state index in [2.05, 4.69) is 5.32 Å². The number of anilines is 1. The van der Waals surface area contributed by atoms with E-state index in [0.29, 0.717) is 31.1 Å². The molecule has 1 heterocycles. The summed E-state index contributed by atoms with van der Waals surface area (Å²) in [5, 5.41) is 11.8. The van der Waals surface area contributed by atoms with Crippen LogP contribution in [0.15, 0.2) is 18.2 Å². The maximum Gasteiger partial charge on any atom is 0.335 e. The summed E-state index contributed by atoms with van der Waals surface area (Å²) >= 11 is 0. The molecule has 0 saturated carbocycles. The number of ether oxygens (including phenoxy) is 2. The predicted octanol–water partition coefficient (Wildman–Crippen LogP) is 2.15. The van der Waals surface area contributed by atoms with E-state index >= 15 is 0 Å². The monoisotopic (exact) mass is 293 g/mol. The highest BCUT2D eigenvalue weighted by Gasteiger charge is 2.24. The number of carbonyl (C=O) groups excluding carboxylic acids is 1. The second-order valence-electron chi connectivity index (χ2n) is 5.23. The molecule has 6 nitrogen and oxygen atoms in total. The molecule has 1 amide bonds. The van der Waals surface area contributed by atoms with Crippen molar-refractivity contribution in [2.45, 2.75) is 26.4 Å². The summed E-state index contributed by atoms with van der Waals surface area (Å²) in [5.41, 5.74) is 0.476. The van der Waals surface area contributed by atoms with Gasteiger partial charge < -0.3 is 19.9 Å². The van der Waals surface area contributed by atoms with Gasteiger partial charge in [-0.05, 0) is 38.5 Å². The van der Waals surface area contributed by atoms with E-state index in [4.69, 9.17) is 14.6 Å². The first kappa shape index (κ1) is 15.3. The molecule has 0 spiro atoms. The number of hydrogen-bond acceptors (Lipinski definition) is 4. The van der Waals surface area contributed by atoms with Crippen LogP contribution in [0, 0.1) is 5.92 Å². The molecule has 1 atom stereocenters. The lowest BCUT2D eigenvalue weighted by Gasteiger charge is -2.16. The zero-order chi connectivity index (χ0) is 15.4. The van der Waals surface area contributed by atoms with Gasteiger partial charge in [-0.25, -0.2) is 4.79 Å². The third-order valence-corrected chi connectivity index (χ3v) is 3.15. The maximum absolute atomic E-state index is 12.1. The van der Waals surface area contributed by atoms with E-state index in [1.165, 1.54) is 12.1 Å². The lowest BCUT2D eigenvalue weighted by molar-refractivity contribution is -0.119. The van der Waals surface area contributed by atoms with Crippen molar-refractivity contribution < 1.29 is 24.2 Å². The molecular weight excluding hydrogens is 274 g/mol. The molecule has 1 aromatic rings. The standard InChI is InChI=1S/C15H19NO5/c1-9(2)21-13-4-3-10(15(18)19)7-12(13)16-14(17)11-5-6-20-8-11/h3-4,7,9,11H,5-6,8H2,1-2H3,(H,16,17)(H,18,19)/t11-/m1/s1. The third-order valence-electron chi connectivity index (χ3n) is 3.15. The molecular formula is C15H19NO5. The van der Waals surface area contributed by atoms with Crippen LogP contribution in [0.4, 0.5) is 5.69 Å². The average Bonchev–Trinajstić information content (AvgIpc) is 2.93. The molecule has 2 N–H and O–H groups in total. The van der Waals surface area contributed by atoms with Crippen molar-refractivity contribution in [3.05, 3.63) is 23.8 Å². The Hall–Kier alpha value is -2.08. The number of amides is 1.